The van der Waals surface area contributed by atoms with Crippen molar-refractivity contribution in [3.05, 3.63) is 82.9 Å². The molecule has 166 valence electrons. The highest BCUT2D eigenvalue weighted by atomic mass is 14.5. The Morgan fingerprint density at radius 2 is 0.781 bits per heavy atom. The number of benzene rings is 3. The van der Waals surface area contributed by atoms with E-state index in [4.69, 9.17) is 0 Å². The maximum Gasteiger partial charge on any atom is 0.0215 e. The van der Waals surface area contributed by atoms with Gasteiger partial charge in [0.15, 0.2) is 0 Å². The van der Waals surface area contributed by atoms with Gasteiger partial charge in [-0.2, -0.15) is 0 Å². The van der Waals surface area contributed by atoms with Crippen molar-refractivity contribution in [1.29, 1.82) is 0 Å². The number of fused-ring (bicyclic) bond motifs is 6. The maximum absolute atomic E-state index is 2.64. The topological polar surface area (TPSA) is 0 Å². The molecule has 0 saturated carbocycles. The Bertz CT molecular complexity index is 1030. The Labute approximate surface area is 195 Å². The van der Waals surface area contributed by atoms with Gasteiger partial charge >= 0.3 is 0 Å². The standard InChI is InChI=1S/C32H38/c1-5-17-31(18-6-2)27-15-11-9-13-23(27)25-22-30-26(21-29(25)31)24-14-10-12-16-28(24)32(30,19-7-3)20-8-4/h9-16,21-22H,5-8,17-20H2,1-4H3. The molecule has 0 unspecified atom stereocenters. The Morgan fingerprint density at radius 1 is 0.438 bits per heavy atom. The van der Waals surface area contributed by atoms with Crippen LogP contribution in [0, 0.1) is 0 Å². The largest absolute Gasteiger partial charge is 0.0653 e. The van der Waals surface area contributed by atoms with Gasteiger partial charge in [-0.15, -0.1) is 0 Å². The predicted molar refractivity (Wildman–Crippen MR) is 139 cm³/mol. The smallest absolute Gasteiger partial charge is 0.0215 e. The van der Waals surface area contributed by atoms with Crippen molar-refractivity contribution in [1.82, 2.24) is 0 Å². The van der Waals surface area contributed by atoms with E-state index in [9.17, 15) is 0 Å². The van der Waals surface area contributed by atoms with Crippen LogP contribution in [0.2, 0.25) is 0 Å². The van der Waals surface area contributed by atoms with E-state index in [1.165, 1.54) is 73.6 Å². The molecular weight excluding hydrogens is 384 g/mol. The summed E-state index contributed by atoms with van der Waals surface area (Å²) in [4.78, 5) is 0. The molecule has 0 heteroatoms. The summed E-state index contributed by atoms with van der Waals surface area (Å²) in [6.45, 7) is 9.42. The zero-order chi connectivity index (χ0) is 22.3. The second-order valence-corrected chi connectivity index (χ2v) is 10.2. The number of hydrogen-bond acceptors (Lipinski definition) is 0. The summed E-state index contributed by atoms with van der Waals surface area (Å²) in [6.07, 6.45) is 9.82. The maximum atomic E-state index is 2.64. The van der Waals surface area contributed by atoms with Crippen molar-refractivity contribution in [3.8, 4) is 22.3 Å². The fourth-order valence-corrected chi connectivity index (χ4v) is 7.43. The van der Waals surface area contributed by atoms with Gasteiger partial charge in [0.2, 0.25) is 0 Å². The molecular formula is C32H38. The fraction of sp³-hybridized carbons (Fsp3) is 0.438. The van der Waals surface area contributed by atoms with Crippen molar-refractivity contribution in [2.24, 2.45) is 0 Å². The second-order valence-electron chi connectivity index (χ2n) is 10.2. The van der Waals surface area contributed by atoms with Crippen LogP contribution in [0.1, 0.15) is 101 Å². The summed E-state index contributed by atoms with van der Waals surface area (Å²) in [5.41, 5.74) is 12.7. The first-order chi connectivity index (χ1) is 15.7. The molecule has 3 aromatic rings. The van der Waals surface area contributed by atoms with Gasteiger partial charge in [0.25, 0.3) is 0 Å². The molecule has 0 nitrogen and oxygen atoms in total. The number of rotatable bonds is 8. The highest BCUT2D eigenvalue weighted by molar-refractivity contribution is 5.89. The molecule has 0 saturated heterocycles. The van der Waals surface area contributed by atoms with E-state index >= 15 is 0 Å². The molecule has 0 atom stereocenters. The highest BCUT2D eigenvalue weighted by Gasteiger charge is 2.46. The molecule has 0 radical (unpaired) electrons. The molecule has 0 amide bonds. The molecule has 3 aromatic carbocycles. The minimum atomic E-state index is 0.167. The fourth-order valence-electron chi connectivity index (χ4n) is 7.43. The Morgan fingerprint density at radius 3 is 1.12 bits per heavy atom. The SMILES string of the molecule is CCCC1(CCC)c2ccccc2-c2cc3c(cc21)-c1ccccc1C3(CCC)CCC. The minimum absolute atomic E-state index is 0.167. The van der Waals surface area contributed by atoms with Crippen LogP contribution in [0.5, 0.6) is 0 Å². The highest BCUT2D eigenvalue weighted by Crippen LogP contribution is 2.60. The molecule has 0 fully saturated rings. The Balaban J connectivity index is 1.84. The second kappa shape index (κ2) is 8.22. The summed E-state index contributed by atoms with van der Waals surface area (Å²) < 4.78 is 0. The quantitative estimate of drug-likeness (QED) is 0.339. The van der Waals surface area contributed by atoms with Crippen molar-refractivity contribution >= 4 is 0 Å². The lowest BCUT2D eigenvalue weighted by Crippen LogP contribution is -2.26. The van der Waals surface area contributed by atoms with Gasteiger partial charge in [0.1, 0.15) is 0 Å². The molecule has 2 aliphatic carbocycles. The van der Waals surface area contributed by atoms with Crippen molar-refractivity contribution in [3.63, 3.8) is 0 Å². The van der Waals surface area contributed by atoms with E-state index in [2.05, 4.69) is 88.4 Å². The van der Waals surface area contributed by atoms with Crippen LogP contribution < -0.4 is 0 Å². The van der Waals surface area contributed by atoms with Gasteiger partial charge in [-0.1, -0.05) is 102 Å². The van der Waals surface area contributed by atoms with Gasteiger partial charge in [-0.05, 0) is 82.3 Å². The van der Waals surface area contributed by atoms with Crippen LogP contribution >= 0.6 is 0 Å². The van der Waals surface area contributed by atoms with Crippen molar-refractivity contribution in [2.45, 2.75) is 89.9 Å². The van der Waals surface area contributed by atoms with Gasteiger partial charge in [-0.3, -0.25) is 0 Å². The third-order valence-corrected chi connectivity index (χ3v) is 8.36. The zero-order valence-electron chi connectivity index (χ0n) is 20.4. The molecule has 32 heavy (non-hydrogen) atoms. The van der Waals surface area contributed by atoms with Crippen LogP contribution in [0.3, 0.4) is 0 Å². The molecule has 0 heterocycles. The lowest BCUT2D eigenvalue weighted by molar-refractivity contribution is 0.431. The first kappa shape index (κ1) is 21.5. The van der Waals surface area contributed by atoms with E-state index in [0.717, 1.165) is 0 Å². The van der Waals surface area contributed by atoms with Crippen LogP contribution in [0.4, 0.5) is 0 Å². The molecule has 0 spiro atoms. The third-order valence-electron chi connectivity index (χ3n) is 8.36. The zero-order valence-corrected chi connectivity index (χ0v) is 20.4. The molecule has 0 N–H and O–H groups in total. The number of hydrogen-bond donors (Lipinski definition) is 0. The van der Waals surface area contributed by atoms with Crippen molar-refractivity contribution in [2.75, 3.05) is 0 Å². The predicted octanol–water partition coefficient (Wildman–Crippen LogP) is 9.42. The van der Waals surface area contributed by atoms with Crippen molar-refractivity contribution < 1.29 is 0 Å². The summed E-state index contributed by atoms with van der Waals surface area (Å²) in [7, 11) is 0. The van der Waals surface area contributed by atoms with E-state index in [-0.39, 0.29) is 10.8 Å². The average molecular weight is 423 g/mol. The average Bonchev–Trinajstić information content (AvgIpc) is 3.23. The summed E-state index contributed by atoms with van der Waals surface area (Å²) in [5, 5.41) is 0. The Kier molecular flexibility index (Phi) is 5.52. The Hall–Kier alpha value is -2.34. The van der Waals surface area contributed by atoms with Crippen LogP contribution in [0.15, 0.2) is 60.7 Å². The van der Waals surface area contributed by atoms with E-state index in [1.54, 1.807) is 22.3 Å². The van der Waals surface area contributed by atoms with Gasteiger partial charge in [-0.25, -0.2) is 0 Å². The monoisotopic (exact) mass is 422 g/mol. The minimum Gasteiger partial charge on any atom is -0.0653 e. The van der Waals surface area contributed by atoms with Gasteiger partial charge < -0.3 is 0 Å². The molecule has 2 aliphatic rings. The third kappa shape index (κ3) is 2.81. The summed E-state index contributed by atoms with van der Waals surface area (Å²) in [5.74, 6) is 0. The van der Waals surface area contributed by atoms with Crippen LogP contribution in [-0.2, 0) is 10.8 Å². The molecule has 0 bridgehead atoms. The van der Waals surface area contributed by atoms with Crippen LogP contribution in [0.25, 0.3) is 22.3 Å². The van der Waals surface area contributed by atoms with Gasteiger partial charge in [0, 0.05) is 10.8 Å². The van der Waals surface area contributed by atoms with Crippen LogP contribution in [-0.4, -0.2) is 0 Å². The summed E-state index contributed by atoms with van der Waals surface area (Å²) >= 11 is 0. The molecule has 5 rings (SSSR count). The molecule has 0 aromatic heterocycles. The first-order valence-corrected chi connectivity index (χ1v) is 13.1. The first-order valence-electron chi connectivity index (χ1n) is 13.1. The summed E-state index contributed by atoms with van der Waals surface area (Å²) in [6, 6.07) is 23.9. The molecule has 0 aliphatic heterocycles. The normalized spacial score (nSPS) is 16.4. The van der Waals surface area contributed by atoms with E-state index in [0.29, 0.717) is 0 Å². The van der Waals surface area contributed by atoms with E-state index in [1.807, 2.05) is 0 Å². The lowest BCUT2D eigenvalue weighted by Gasteiger charge is -2.34. The lowest BCUT2D eigenvalue weighted by atomic mass is 9.69. The van der Waals surface area contributed by atoms with E-state index < -0.39 is 0 Å². The van der Waals surface area contributed by atoms with Gasteiger partial charge in [0.05, 0.1) is 0 Å².